The highest BCUT2D eigenvalue weighted by Crippen LogP contribution is 2.20. The number of carbonyl (C=O) groups is 1. The molecule has 1 aliphatic rings. The second-order valence-electron chi connectivity index (χ2n) is 5.13. The lowest BCUT2D eigenvalue weighted by molar-refractivity contribution is 0.0277. The number of anilines is 2. The lowest BCUT2D eigenvalue weighted by atomic mass is 10.1. The van der Waals surface area contributed by atoms with Crippen molar-refractivity contribution in [2.75, 3.05) is 30.3 Å². The minimum absolute atomic E-state index is 0. The number of hydrogen-bond donors (Lipinski definition) is 3. The summed E-state index contributed by atoms with van der Waals surface area (Å²) in [5.74, 6) is 0. The van der Waals surface area contributed by atoms with Crippen molar-refractivity contribution in [3.8, 4) is 0 Å². The van der Waals surface area contributed by atoms with Crippen LogP contribution in [0.1, 0.15) is 11.7 Å². The summed E-state index contributed by atoms with van der Waals surface area (Å²) in [6, 6.07) is 10.6. The van der Waals surface area contributed by atoms with E-state index >= 15 is 0 Å². The van der Waals surface area contributed by atoms with Crippen LogP contribution in [0.4, 0.5) is 16.2 Å². The number of hydrogen-bond acceptors (Lipinski definition) is 4. The first-order chi connectivity index (χ1) is 11.2. The molecule has 3 N–H and O–H groups in total. The van der Waals surface area contributed by atoms with Gasteiger partial charge in [0.1, 0.15) is 5.15 Å². The van der Waals surface area contributed by atoms with E-state index in [2.05, 4.69) is 20.9 Å². The predicted molar refractivity (Wildman–Crippen MR) is 97.1 cm³/mol. The van der Waals surface area contributed by atoms with Crippen LogP contribution in [0.3, 0.4) is 0 Å². The van der Waals surface area contributed by atoms with E-state index in [9.17, 15) is 4.79 Å². The average Bonchev–Trinajstić information content (AvgIpc) is 2.58. The number of benzene rings is 1. The zero-order valence-corrected chi connectivity index (χ0v) is 14.4. The first kappa shape index (κ1) is 18.5. The van der Waals surface area contributed by atoms with Crippen LogP contribution < -0.4 is 16.0 Å². The van der Waals surface area contributed by atoms with Gasteiger partial charge >= 0.3 is 6.03 Å². The summed E-state index contributed by atoms with van der Waals surface area (Å²) in [5, 5.41) is 9.13. The maximum absolute atomic E-state index is 11.9. The average molecular weight is 369 g/mol. The number of amides is 2. The molecule has 0 bridgehead atoms. The van der Waals surface area contributed by atoms with Gasteiger partial charge in [0.05, 0.1) is 24.6 Å². The Balaban J connectivity index is 0.00000208. The highest BCUT2D eigenvalue weighted by Gasteiger charge is 2.15. The summed E-state index contributed by atoms with van der Waals surface area (Å²) in [4.78, 5) is 15.8. The molecule has 3 rings (SSSR count). The minimum Gasteiger partial charge on any atom is -0.371 e. The van der Waals surface area contributed by atoms with Crippen molar-refractivity contribution in [3.05, 3.63) is 53.3 Å². The standard InChI is InChI=1S/C16H17ClN4O2.ClH/c17-15-6-5-13(9-19-15)21-16(22)20-12-3-1-11(2-4-12)14-10-18-7-8-23-14;/h1-6,9,14,18H,7-8,10H2,(H2,20,21,22);1H. The van der Waals surface area contributed by atoms with E-state index in [1.165, 1.54) is 6.20 Å². The molecule has 8 heteroatoms. The normalized spacial score (nSPS) is 16.8. The smallest absolute Gasteiger partial charge is 0.323 e. The van der Waals surface area contributed by atoms with Crippen molar-refractivity contribution in [3.63, 3.8) is 0 Å². The predicted octanol–water partition coefficient (Wildman–Crippen LogP) is 3.46. The summed E-state index contributed by atoms with van der Waals surface area (Å²) in [6.07, 6.45) is 1.56. The third kappa shape index (κ3) is 5.07. The van der Waals surface area contributed by atoms with Gasteiger partial charge in [0, 0.05) is 18.8 Å². The number of nitrogens with one attached hydrogen (secondary N) is 3. The largest absolute Gasteiger partial charge is 0.371 e. The monoisotopic (exact) mass is 368 g/mol. The summed E-state index contributed by atoms with van der Waals surface area (Å²) in [7, 11) is 0. The van der Waals surface area contributed by atoms with E-state index in [0.29, 0.717) is 23.1 Å². The van der Waals surface area contributed by atoms with Gasteiger partial charge in [-0.15, -0.1) is 12.4 Å². The van der Waals surface area contributed by atoms with Crippen LogP contribution in [0.25, 0.3) is 0 Å². The molecule has 1 saturated heterocycles. The van der Waals surface area contributed by atoms with Crippen molar-refractivity contribution in [2.24, 2.45) is 0 Å². The SMILES string of the molecule is Cl.O=C(Nc1ccc(C2CNCCO2)cc1)Nc1ccc(Cl)nc1. The Morgan fingerprint density at radius 1 is 1.17 bits per heavy atom. The summed E-state index contributed by atoms with van der Waals surface area (Å²) >= 11 is 5.70. The number of halogens is 2. The molecule has 128 valence electrons. The molecule has 2 aromatic rings. The molecule has 1 unspecified atom stereocenters. The summed E-state index contributed by atoms with van der Waals surface area (Å²) in [5.41, 5.74) is 2.37. The van der Waals surface area contributed by atoms with Crippen LogP contribution in [0, 0.1) is 0 Å². The zero-order chi connectivity index (χ0) is 16.1. The van der Waals surface area contributed by atoms with Gasteiger partial charge in [0.2, 0.25) is 0 Å². The number of urea groups is 1. The van der Waals surface area contributed by atoms with E-state index in [0.717, 1.165) is 18.7 Å². The van der Waals surface area contributed by atoms with E-state index in [1.54, 1.807) is 12.1 Å². The van der Waals surface area contributed by atoms with E-state index < -0.39 is 0 Å². The fraction of sp³-hybridized carbons (Fsp3) is 0.250. The van der Waals surface area contributed by atoms with Gasteiger partial charge in [-0.3, -0.25) is 0 Å². The molecule has 6 nitrogen and oxygen atoms in total. The zero-order valence-electron chi connectivity index (χ0n) is 12.8. The number of morpholine rings is 1. The third-order valence-electron chi connectivity index (χ3n) is 3.45. The number of ether oxygens (including phenoxy) is 1. The molecule has 1 aliphatic heterocycles. The Morgan fingerprint density at radius 2 is 1.88 bits per heavy atom. The quantitative estimate of drug-likeness (QED) is 0.725. The molecule has 2 heterocycles. The Bertz CT molecular complexity index is 659. The van der Waals surface area contributed by atoms with Gasteiger partial charge in [-0.2, -0.15) is 0 Å². The van der Waals surface area contributed by atoms with Crippen molar-refractivity contribution in [1.82, 2.24) is 10.3 Å². The molecule has 0 saturated carbocycles. The molecule has 0 aliphatic carbocycles. The first-order valence-corrected chi connectivity index (χ1v) is 7.70. The Morgan fingerprint density at radius 3 is 2.50 bits per heavy atom. The lowest BCUT2D eigenvalue weighted by Crippen LogP contribution is -2.33. The van der Waals surface area contributed by atoms with Crippen LogP contribution in [-0.2, 0) is 4.74 Å². The molecule has 0 radical (unpaired) electrons. The van der Waals surface area contributed by atoms with Crippen molar-refractivity contribution < 1.29 is 9.53 Å². The second-order valence-corrected chi connectivity index (χ2v) is 5.52. The van der Waals surface area contributed by atoms with Crippen molar-refractivity contribution in [2.45, 2.75) is 6.10 Å². The summed E-state index contributed by atoms with van der Waals surface area (Å²) < 4.78 is 5.69. The second kappa shape index (κ2) is 8.84. The number of rotatable bonds is 3. The lowest BCUT2D eigenvalue weighted by Gasteiger charge is -2.24. The number of aromatic nitrogens is 1. The van der Waals surface area contributed by atoms with Crippen LogP contribution in [0.2, 0.25) is 5.15 Å². The van der Waals surface area contributed by atoms with Gasteiger partial charge in [-0.25, -0.2) is 9.78 Å². The summed E-state index contributed by atoms with van der Waals surface area (Å²) in [6.45, 7) is 2.40. The van der Waals surface area contributed by atoms with Gasteiger partial charge in [0.25, 0.3) is 0 Å². The van der Waals surface area contributed by atoms with Crippen LogP contribution in [0.15, 0.2) is 42.6 Å². The van der Waals surface area contributed by atoms with Crippen molar-refractivity contribution >= 4 is 41.4 Å². The van der Waals surface area contributed by atoms with Gasteiger partial charge in [-0.05, 0) is 29.8 Å². The fourth-order valence-corrected chi connectivity index (χ4v) is 2.42. The molecule has 1 aromatic carbocycles. The van der Waals surface area contributed by atoms with Gasteiger partial charge < -0.3 is 20.7 Å². The Labute approximate surface area is 151 Å². The van der Waals surface area contributed by atoms with Crippen LogP contribution >= 0.6 is 24.0 Å². The van der Waals surface area contributed by atoms with Gasteiger partial charge in [-0.1, -0.05) is 23.7 Å². The Kier molecular flexibility index (Phi) is 6.81. The molecule has 24 heavy (non-hydrogen) atoms. The fourth-order valence-electron chi connectivity index (χ4n) is 2.30. The van der Waals surface area contributed by atoms with Crippen LogP contribution in [0.5, 0.6) is 0 Å². The molecular formula is C16H18Cl2N4O2. The highest BCUT2D eigenvalue weighted by molar-refractivity contribution is 6.29. The van der Waals surface area contributed by atoms with E-state index in [1.807, 2.05) is 24.3 Å². The van der Waals surface area contributed by atoms with E-state index in [-0.39, 0.29) is 24.5 Å². The molecule has 1 atom stereocenters. The molecule has 1 fully saturated rings. The number of nitrogens with zero attached hydrogens (tertiary/aromatic N) is 1. The van der Waals surface area contributed by atoms with Crippen LogP contribution in [-0.4, -0.2) is 30.7 Å². The minimum atomic E-state index is -0.336. The molecular weight excluding hydrogens is 351 g/mol. The maximum Gasteiger partial charge on any atom is 0.323 e. The van der Waals surface area contributed by atoms with E-state index in [4.69, 9.17) is 16.3 Å². The molecule has 1 aromatic heterocycles. The van der Waals surface area contributed by atoms with Crippen molar-refractivity contribution in [1.29, 1.82) is 0 Å². The highest BCUT2D eigenvalue weighted by atomic mass is 35.5. The molecule has 0 spiro atoms. The topological polar surface area (TPSA) is 75.3 Å². The third-order valence-corrected chi connectivity index (χ3v) is 3.68. The Hall–Kier alpha value is -1.86. The number of pyridine rings is 1. The molecule has 2 amide bonds. The maximum atomic E-state index is 11.9. The van der Waals surface area contributed by atoms with Gasteiger partial charge in [0.15, 0.2) is 0 Å². The number of carbonyl (C=O) groups excluding carboxylic acids is 1. The first-order valence-electron chi connectivity index (χ1n) is 7.32.